The minimum Gasteiger partial charge on any atom is -0.508 e. The lowest BCUT2D eigenvalue weighted by Gasteiger charge is -2.08. The van der Waals surface area contributed by atoms with Crippen molar-refractivity contribution < 1.29 is 9.63 Å². The van der Waals surface area contributed by atoms with Crippen molar-refractivity contribution in [3.05, 3.63) is 48.7 Å². The predicted octanol–water partition coefficient (Wildman–Crippen LogP) is 3.35. The summed E-state index contributed by atoms with van der Waals surface area (Å²) in [4.78, 5) is 8.62. The third-order valence-corrected chi connectivity index (χ3v) is 3.71. The molecule has 0 saturated carbocycles. The second-order valence-electron chi connectivity index (χ2n) is 5.95. The number of phenols is 1. The maximum Gasteiger partial charge on any atom is 0.229 e. The van der Waals surface area contributed by atoms with Crippen LogP contribution < -0.4 is 5.32 Å². The summed E-state index contributed by atoms with van der Waals surface area (Å²) in [6, 6.07) is 8.81. The van der Waals surface area contributed by atoms with Gasteiger partial charge in [0.1, 0.15) is 17.6 Å². The molecule has 1 aromatic carbocycles. The minimum absolute atomic E-state index is 0.0938. The van der Waals surface area contributed by atoms with Crippen LogP contribution in [0.4, 0.5) is 11.5 Å². The van der Waals surface area contributed by atoms with E-state index in [1.54, 1.807) is 16.6 Å². The van der Waals surface area contributed by atoms with Crippen LogP contribution in [0.3, 0.4) is 0 Å². The fourth-order valence-electron chi connectivity index (χ4n) is 2.50. The van der Waals surface area contributed by atoms with Crippen LogP contribution in [-0.2, 0) is 0 Å². The Morgan fingerprint density at radius 2 is 2.12 bits per heavy atom. The van der Waals surface area contributed by atoms with Crippen molar-refractivity contribution in [2.45, 2.75) is 19.8 Å². The van der Waals surface area contributed by atoms with Gasteiger partial charge in [-0.1, -0.05) is 19.0 Å². The molecule has 8 nitrogen and oxygen atoms in total. The summed E-state index contributed by atoms with van der Waals surface area (Å²) >= 11 is 0. The third kappa shape index (κ3) is 2.89. The molecule has 8 heteroatoms. The van der Waals surface area contributed by atoms with Gasteiger partial charge in [-0.25, -0.2) is 9.50 Å². The molecule has 0 aliphatic rings. The maximum absolute atomic E-state index is 10.1. The summed E-state index contributed by atoms with van der Waals surface area (Å²) < 4.78 is 6.95. The van der Waals surface area contributed by atoms with Crippen molar-refractivity contribution in [3.63, 3.8) is 0 Å². The first-order valence-corrected chi connectivity index (χ1v) is 7.83. The van der Waals surface area contributed by atoms with Gasteiger partial charge in [-0.15, -0.1) is 0 Å². The van der Waals surface area contributed by atoms with Gasteiger partial charge in [0.15, 0.2) is 5.82 Å². The van der Waals surface area contributed by atoms with Crippen LogP contribution >= 0.6 is 0 Å². The molecular formula is C17H16N6O2. The molecule has 4 rings (SSSR count). The SMILES string of the molecule is CC(C)c1nc(-c2cc(O)cc(Nc3ncnn4cccc34)c2)no1. The van der Waals surface area contributed by atoms with Crippen LogP contribution in [-0.4, -0.2) is 29.8 Å². The number of rotatable bonds is 4. The molecule has 0 unspecified atom stereocenters. The Balaban J connectivity index is 1.71. The smallest absolute Gasteiger partial charge is 0.229 e. The van der Waals surface area contributed by atoms with Gasteiger partial charge in [0.05, 0.1) is 0 Å². The molecule has 0 fully saturated rings. The summed E-state index contributed by atoms with van der Waals surface area (Å²) in [6.45, 7) is 3.95. The molecule has 25 heavy (non-hydrogen) atoms. The Kier molecular flexibility index (Phi) is 3.57. The fourth-order valence-corrected chi connectivity index (χ4v) is 2.50. The van der Waals surface area contributed by atoms with E-state index in [2.05, 4.69) is 25.5 Å². The maximum atomic E-state index is 10.1. The van der Waals surface area contributed by atoms with Crippen molar-refractivity contribution in [2.75, 3.05) is 5.32 Å². The Labute approximate surface area is 143 Å². The van der Waals surface area contributed by atoms with Gasteiger partial charge in [0, 0.05) is 29.4 Å². The highest BCUT2D eigenvalue weighted by molar-refractivity contribution is 5.75. The second-order valence-corrected chi connectivity index (χ2v) is 5.95. The summed E-state index contributed by atoms with van der Waals surface area (Å²) in [6.07, 6.45) is 3.30. The Morgan fingerprint density at radius 3 is 2.92 bits per heavy atom. The molecule has 0 aliphatic heterocycles. The van der Waals surface area contributed by atoms with E-state index in [-0.39, 0.29) is 11.7 Å². The molecule has 0 radical (unpaired) electrons. The van der Waals surface area contributed by atoms with Gasteiger partial charge in [0.2, 0.25) is 11.7 Å². The lowest BCUT2D eigenvalue weighted by atomic mass is 10.1. The van der Waals surface area contributed by atoms with Crippen molar-refractivity contribution >= 4 is 17.0 Å². The number of hydrogen-bond donors (Lipinski definition) is 2. The average Bonchev–Trinajstić information content (AvgIpc) is 3.24. The Morgan fingerprint density at radius 1 is 1.24 bits per heavy atom. The van der Waals surface area contributed by atoms with E-state index >= 15 is 0 Å². The van der Waals surface area contributed by atoms with E-state index in [1.807, 2.05) is 38.2 Å². The molecule has 0 saturated heterocycles. The molecule has 0 spiro atoms. The zero-order chi connectivity index (χ0) is 17.4. The van der Waals surface area contributed by atoms with E-state index in [1.165, 1.54) is 6.33 Å². The van der Waals surface area contributed by atoms with E-state index < -0.39 is 0 Å². The van der Waals surface area contributed by atoms with Crippen LogP contribution in [0, 0.1) is 0 Å². The molecule has 126 valence electrons. The van der Waals surface area contributed by atoms with Gasteiger partial charge in [-0.2, -0.15) is 10.1 Å². The molecule has 4 aromatic rings. The molecular weight excluding hydrogens is 320 g/mol. The summed E-state index contributed by atoms with van der Waals surface area (Å²) in [7, 11) is 0. The van der Waals surface area contributed by atoms with Crippen LogP contribution in [0.5, 0.6) is 5.75 Å². The molecule has 0 atom stereocenters. The van der Waals surface area contributed by atoms with E-state index in [0.717, 1.165) is 5.52 Å². The number of aromatic hydroxyl groups is 1. The van der Waals surface area contributed by atoms with Crippen LogP contribution in [0.2, 0.25) is 0 Å². The Bertz CT molecular complexity index is 1040. The number of hydrogen-bond acceptors (Lipinski definition) is 7. The normalized spacial score (nSPS) is 11.3. The average molecular weight is 336 g/mol. The van der Waals surface area contributed by atoms with Gasteiger partial charge in [-0.3, -0.25) is 0 Å². The predicted molar refractivity (Wildman–Crippen MR) is 91.8 cm³/mol. The topological polar surface area (TPSA) is 101 Å². The second kappa shape index (κ2) is 5.90. The van der Waals surface area contributed by atoms with Crippen molar-refractivity contribution in [2.24, 2.45) is 0 Å². The van der Waals surface area contributed by atoms with Gasteiger partial charge in [0.25, 0.3) is 0 Å². The summed E-state index contributed by atoms with van der Waals surface area (Å²) in [5, 5.41) is 21.4. The van der Waals surface area contributed by atoms with E-state index in [4.69, 9.17) is 4.52 Å². The van der Waals surface area contributed by atoms with E-state index in [9.17, 15) is 5.11 Å². The zero-order valence-electron chi connectivity index (χ0n) is 13.7. The molecule has 3 aromatic heterocycles. The lowest BCUT2D eigenvalue weighted by molar-refractivity contribution is 0.365. The van der Waals surface area contributed by atoms with Crippen molar-refractivity contribution in [1.29, 1.82) is 0 Å². The first kappa shape index (κ1) is 15.1. The number of fused-ring (bicyclic) bond motifs is 1. The summed E-state index contributed by atoms with van der Waals surface area (Å²) in [5.41, 5.74) is 2.14. The fraction of sp³-hybridized carbons (Fsp3) is 0.176. The standard InChI is InChI=1S/C17H16N6O2/c1-10(2)17-21-15(22-25-17)11-6-12(8-13(24)7-11)20-16-14-4-3-5-23(14)19-9-18-16/h3-10,24H,1-2H3,(H,18,19,20). The largest absolute Gasteiger partial charge is 0.508 e. The highest BCUT2D eigenvalue weighted by Gasteiger charge is 2.13. The van der Waals surface area contributed by atoms with Crippen LogP contribution in [0.25, 0.3) is 16.9 Å². The number of nitrogens with one attached hydrogen (secondary N) is 1. The van der Waals surface area contributed by atoms with Gasteiger partial charge < -0.3 is 14.9 Å². The first-order chi connectivity index (χ1) is 12.1. The van der Waals surface area contributed by atoms with Crippen LogP contribution in [0.1, 0.15) is 25.7 Å². The number of aromatic nitrogens is 5. The highest BCUT2D eigenvalue weighted by atomic mass is 16.5. The number of benzene rings is 1. The van der Waals surface area contributed by atoms with Gasteiger partial charge >= 0.3 is 0 Å². The molecule has 2 N–H and O–H groups in total. The summed E-state index contributed by atoms with van der Waals surface area (Å²) in [5.74, 6) is 1.85. The molecule has 3 heterocycles. The minimum atomic E-state index is 0.0938. The number of anilines is 2. The lowest BCUT2D eigenvalue weighted by Crippen LogP contribution is -1.99. The molecule has 0 aliphatic carbocycles. The van der Waals surface area contributed by atoms with Crippen molar-refractivity contribution in [3.8, 4) is 17.1 Å². The highest BCUT2D eigenvalue weighted by Crippen LogP contribution is 2.29. The monoisotopic (exact) mass is 336 g/mol. The number of phenolic OH excluding ortho intramolecular Hbond substituents is 1. The van der Waals surface area contributed by atoms with Crippen LogP contribution in [0.15, 0.2) is 47.4 Å². The zero-order valence-corrected chi connectivity index (χ0v) is 13.7. The molecule has 0 amide bonds. The number of nitrogens with zero attached hydrogens (tertiary/aromatic N) is 5. The van der Waals surface area contributed by atoms with Gasteiger partial charge in [-0.05, 0) is 24.3 Å². The Hall–Kier alpha value is -3.42. The quantitative estimate of drug-likeness (QED) is 0.589. The first-order valence-electron chi connectivity index (χ1n) is 7.83. The van der Waals surface area contributed by atoms with E-state index in [0.29, 0.717) is 28.8 Å². The van der Waals surface area contributed by atoms with Crippen molar-refractivity contribution in [1.82, 2.24) is 24.7 Å². The third-order valence-electron chi connectivity index (χ3n) is 3.71. The molecule has 0 bridgehead atoms.